The van der Waals surface area contributed by atoms with Gasteiger partial charge in [-0.05, 0) is 18.9 Å². The summed E-state index contributed by atoms with van der Waals surface area (Å²) < 4.78 is 1.06. The van der Waals surface area contributed by atoms with Gasteiger partial charge in [-0.15, -0.1) is 11.3 Å². The van der Waals surface area contributed by atoms with Crippen molar-refractivity contribution < 1.29 is 4.79 Å². The molecule has 2 rings (SSSR count). The van der Waals surface area contributed by atoms with E-state index < -0.39 is 0 Å². The van der Waals surface area contributed by atoms with Crippen molar-refractivity contribution in [1.82, 2.24) is 4.90 Å². The number of hydrogen-bond donors (Lipinski definition) is 0. The molecule has 0 saturated carbocycles. The van der Waals surface area contributed by atoms with Crippen LogP contribution in [0.4, 0.5) is 0 Å². The van der Waals surface area contributed by atoms with Crippen LogP contribution in [0, 0.1) is 0 Å². The number of halogens is 2. The van der Waals surface area contributed by atoms with Crippen LogP contribution in [0.5, 0.6) is 0 Å². The summed E-state index contributed by atoms with van der Waals surface area (Å²) in [5.74, 6) is 0.00986. The Hall–Kier alpha value is -0.250. The Morgan fingerprint density at radius 1 is 1.36 bits per heavy atom. The normalized spacial score (nSPS) is 16.3. The second-order valence-corrected chi connectivity index (χ2v) is 5.52. The second kappa shape index (κ2) is 4.09. The third-order valence-electron chi connectivity index (χ3n) is 2.28. The van der Waals surface area contributed by atoms with Crippen molar-refractivity contribution in [3.05, 3.63) is 20.3 Å². The minimum Gasteiger partial charge on any atom is -0.339 e. The van der Waals surface area contributed by atoms with Crippen LogP contribution in [0.3, 0.4) is 0 Å². The Bertz CT molecular complexity index is 358. The zero-order valence-electron chi connectivity index (χ0n) is 7.43. The van der Waals surface area contributed by atoms with E-state index in [9.17, 15) is 4.79 Å². The molecule has 2 heterocycles. The van der Waals surface area contributed by atoms with Gasteiger partial charge in [0.05, 0.1) is 9.90 Å². The molecule has 0 atom stereocenters. The SMILES string of the molecule is O=C(c1cc(Cl)sc1Cl)N1CCCC1. The van der Waals surface area contributed by atoms with Crippen molar-refractivity contribution in [2.24, 2.45) is 0 Å². The number of rotatable bonds is 1. The van der Waals surface area contributed by atoms with Crippen molar-refractivity contribution in [1.29, 1.82) is 0 Å². The molecule has 0 unspecified atom stereocenters. The molecule has 0 aliphatic carbocycles. The van der Waals surface area contributed by atoms with E-state index >= 15 is 0 Å². The summed E-state index contributed by atoms with van der Waals surface area (Å²) in [6.07, 6.45) is 2.17. The summed E-state index contributed by atoms with van der Waals surface area (Å²) in [4.78, 5) is 13.7. The van der Waals surface area contributed by atoms with Gasteiger partial charge in [-0.3, -0.25) is 4.79 Å². The number of carbonyl (C=O) groups excluding carboxylic acids is 1. The molecule has 2 nitrogen and oxygen atoms in total. The van der Waals surface area contributed by atoms with E-state index in [-0.39, 0.29) is 5.91 Å². The van der Waals surface area contributed by atoms with Crippen LogP contribution in [0.15, 0.2) is 6.07 Å². The summed E-state index contributed by atoms with van der Waals surface area (Å²) in [5, 5.41) is 0. The Kier molecular flexibility index (Phi) is 3.00. The van der Waals surface area contributed by atoms with Crippen LogP contribution in [0.25, 0.3) is 0 Å². The van der Waals surface area contributed by atoms with Gasteiger partial charge in [0.25, 0.3) is 5.91 Å². The van der Waals surface area contributed by atoms with Gasteiger partial charge in [0.15, 0.2) is 0 Å². The second-order valence-electron chi connectivity index (χ2n) is 3.24. The highest BCUT2D eigenvalue weighted by Crippen LogP contribution is 2.32. The summed E-state index contributed by atoms with van der Waals surface area (Å²) in [6, 6.07) is 1.65. The summed E-state index contributed by atoms with van der Waals surface area (Å²) in [6.45, 7) is 1.67. The predicted octanol–water partition coefficient (Wildman–Crippen LogP) is 3.29. The quantitative estimate of drug-likeness (QED) is 0.748. The summed E-state index contributed by atoms with van der Waals surface area (Å²) in [7, 11) is 0. The largest absolute Gasteiger partial charge is 0.339 e. The first-order valence-electron chi connectivity index (χ1n) is 4.42. The Morgan fingerprint density at radius 2 is 2.00 bits per heavy atom. The van der Waals surface area contributed by atoms with E-state index in [1.165, 1.54) is 11.3 Å². The lowest BCUT2D eigenvalue weighted by Gasteiger charge is -2.13. The van der Waals surface area contributed by atoms with Crippen molar-refractivity contribution in [3.63, 3.8) is 0 Å². The molecular weight excluding hydrogens is 241 g/mol. The zero-order valence-corrected chi connectivity index (χ0v) is 9.75. The van der Waals surface area contributed by atoms with E-state index in [1.54, 1.807) is 6.07 Å². The maximum absolute atomic E-state index is 11.9. The minimum absolute atomic E-state index is 0.00986. The van der Waals surface area contributed by atoms with E-state index in [0.717, 1.165) is 25.9 Å². The highest BCUT2D eigenvalue weighted by Gasteiger charge is 2.22. The minimum atomic E-state index is 0.00986. The summed E-state index contributed by atoms with van der Waals surface area (Å²) in [5.41, 5.74) is 0.545. The first-order chi connectivity index (χ1) is 6.68. The lowest BCUT2D eigenvalue weighted by Crippen LogP contribution is -2.27. The smallest absolute Gasteiger partial charge is 0.256 e. The fraction of sp³-hybridized carbons (Fsp3) is 0.444. The average Bonchev–Trinajstić information content (AvgIpc) is 2.73. The lowest BCUT2D eigenvalue weighted by atomic mass is 10.3. The van der Waals surface area contributed by atoms with Crippen LogP contribution in [-0.4, -0.2) is 23.9 Å². The van der Waals surface area contributed by atoms with E-state index in [4.69, 9.17) is 23.2 Å². The number of carbonyl (C=O) groups is 1. The van der Waals surface area contributed by atoms with Gasteiger partial charge in [0.1, 0.15) is 4.34 Å². The highest BCUT2D eigenvalue weighted by molar-refractivity contribution is 7.20. The Balaban J connectivity index is 2.21. The van der Waals surface area contributed by atoms with Crippen LogP contribution in [0.2, 0.25) is 8.67 Å². The highest BCUT2D eigenvalue weighted by atomic mass is 35.5. The van der Waals surface area contributed by atoms with Crippen molar-refractivity contribution in [3.8, 4) is 0 Å². The van der Waals surface area contributed by atoms with Gasteiger partial charge in [0, 0.05) is 13.1 Å². The van der Waals surface area contributed by atoms with Crippen LogP contribution >= 0.6 is 34.5 Å². The monoisotopic (exact) mass is 249 g/mol. The lowest BCUT2D eigenvalue weighted by molar-refractivity contribution is 0.0793. The molecule has 1 amide bonds. The van der Waals surface area contributed by atoms with Crippen LogP contribution < -0.4 is 0 Å². The topological polar surface area (TPSA) is 20.3 Å². The molecule has 0 aromatic carbocycles. The molecular formula is C9H9Cl2NOS. The molecule has 5 heteroatoms. The molecule has 0 bridgehead atoms. The third kappa shape index (κ3) is 1.90. The molecule has 1 aromatic rings. The van der Waals surface area contributed by atoms with Gasteiger partial charge in [-0.25, -0.2) is 0 Å². The Morgan fingerprint density at radius 3 is 2.50 bits per heavy atom. The maximum atomic E-state index is 11.9. The van der Waals surface area contributed by atoms with Gasteiger partial charge in [-0.1, -0.05) is 23.2 Å². The summed E-state index contributed by atoms with van der Waals surface area (Å²) >= 11 is 12.9. The third-order valence-corrected chi connectivity index (χ3v) is 3.77. The van der Waals surface area contributed by atoms with Crippen LogP contribution in [0.1, 0.15) is 23.2 Å². The predicted molar refractivity (Wildman–Crippen MR) is 59.5 cm³/mol. The van der Waals surface area contributed by atoms with Gasteiger partial charge >= 0.3 is 0 Å². The molecule has 0 N–H and O–H groups in total. The number of nitrogens with zero attached hydrogens (tertiary/aromatic N) is 1. The number of thiophene rings is 1. The average molecular weight is 250 g/mol. The van der Waals surface area contributed by atoms with Gasteiger partial charge < -0.3 is 4.90 Å². The van der Waals surface area contributed by atoms with Gasteiger partial charge in [-0.2, -0.15) is 0 Å². The molecule has 1 saturated heterocycles. The fourth-order valence-corrected chi connectivity index (χ4v) is 3.02. The van der Waals surface area contributed by atoms with Crippen molar-refractivity contribution >= 4 is 40.4 Å². The van der Waals surface area contributed by atoms with Crippen molar-refractivity contribution in [2.45, 2.75) is 12.8 Å². The molecule has 0 spiro atoms. The van der Waals surface area contributed by atoms with Crippen LogP contribution in [-0.2, 0) is 0 Å². The molecule has 0 radical (unpaired) electrons. The molecule has 1 aliphatic heterocycles. The standard InChI is InChI=1S/C9H9Cl2NOS/c10-7-5-6(8(11)14-7)9(13)12-3-1-2-4-12/h5H,1-4H2. The first kappa shape index (κ1) is 10.3. The Labute approximate surface area is 96.4 Å². The first-order valence-corrected chi connectivity index (χ1v) is 6.00. The molecule has 76 valence electrons. The molecule has 1 fully saturated rings. The number of hydrogen-bond acceptors (Lipinski definition) is 2. The van der Waals surface area contributed by atoms with E-state index in [1.807, 2.05) is 4.90 Å². The fourth-order valence-electron chi connectivity index (χ4n) is 1.58. The number of likely N-dealkylation sites (tertiary alicyclic amines) is 1. The molecule has 1 aliphatic rings. The van der Waals surface area contributed by atoms with Crippen molar-refractivity contribution in [2.75, 3.05) is 13.1 Å². The number of amides is 1. The van der Waals surface area contributed by atoms with Gasteiger partial charge in [0.2, 0.25) is 0 Å². The molecule has 1 aromatic heterocycles. The van der Waals surface area contributed by atoms with E-state index in [2.05, 4.69) is 0 Å². The zero-order chi connectivity index (χ0) is 10.1. The molecule has 14 heavy (non-hydrogen) atoms. The van der Waals surface area contributed by atoms with E-state index in [0.29, 0.717) is 14.2 Å². The maximum Gasteiger partial charge on any atom is 0.256 e.